The third-order valence-corrected chi connectivity index (χ3v) is 10.4. The molecule has 0 amide bonds. The number of hydrogen-bond donors (Lipinski definition) is 0. The highest BCUT2D eigenvalue weighted by molar-refractivity contribution is 7.26. The van der Waals surface area contributed by atoms with Crippen LogP contribution < -0.4 is 0 Å². The van der Waals surface area contributed by atoms with Gasteiger partial charge < -0.3 is 0 Å². The predicted molar refractivity (Wildman–Crippen MR) is 182 cm³/mol. The highest BCUT2D eigenvalue weighted by atomic mass is 32.1. The van der Waals surface area contributed by atoms with Crippen molar-refractivity contribution in [3.63, 3.8) is 0 Å². The first kappa shape index (κ1) is 25.3. The summed E-state index contributed by atoms with van der Waals surface area (Å²) in [6.45, 7) is 9.05. The van der Waals surface area contributed by atoms with Gasteiger partial charge >= 0.3 is 0 Å². The van der Waals surface area contributed by atoms with Crippen molar-refractivity contribution in [1.82, 2.24) is 0 Å². The van der Waals surface area contributed by atoms with Crippen LogP contribution in [0.1, 0.15) is 50.7 Å². The van der Waals surface area contributed by atoms with E-state index in [1.807, 2.05) is 22.7 Å². The highest BCUT2D eigenvalue weighted by Gasteiger charge is 2.12. The molecule has 0 saturated heterocycles. The summed E-state index contributed by atoms with van der Waals surface area (Å²) in [7, 11) is 0. The standard InChI is InChI=1S/2C19H16S/c1-12(2)15-8-5-9-16-17-10-13-6-3-4-7-14(13)11-18(17)20-19(15)16;1-12(2)13-7-8-16-17-9-14-5-3-4-6-15(14)11-19(17)20-18(16)10-13/h2*3-12H,1-2H3. The molecule has 0 saturated carbocycles. The summed E-state index contributed by atoms with van der Waals surface area (Å²) < 4.78 is 5.64. The maximum Gasteiger partial charge on any atom is 0.0390 e. The average molecular weight is 553 g/mol. The Balaban J connectivity index is 0.000000132. The molecule has 0 aliphatic rings. The Morgan fingerprint density at radius 2 is 0.975 bits per heavy atom. The zero-order valence-corrected chi connectivity index (χ0v) is 25.0. The maximum absolute atomic E-state index is 2.36. The molecule has 0 atom stereocenters. The third-order valence-electron chi connectivity index (χ3n) is 8.05. The lowest BCUT2D eigenvalue weighted by Gasteiger charge is -2.05. The summed E-state index contributed by atoms with van der Waals surface area (Å²) in [5.74, 6) is 1.16. The predicted octanol–water partition coefficient (Wildman–Crippen LogP) is 12.7. The topological polar surface area (TPSA) is 0 Å². The van der Waals surface area contributed by atoms with Crippen LogP contribution in [0.3, 0.4) is 0 Å². The van der Waals surface area contributed by atoms with Crippen LogP contribution in [0, 0.1) is 0 Å². The zero-order valence-electron chi connectivity index (χ0n) is 23.4. The Bertz CT molecular complexity index is 2170. The summed E-state index contributed by atoms with van der Waals surface area (Å²) in [4.78, 5) is 0. The molecular weight excluding hydrogens is 521 g/mol. The van der Waals surface area contributed by atoms with Gasteiger partial charge in [0.2, 0.25) is 0 Å². The molecule has 8 rings (SSSR count). The number of fused-ring (bicyclic) bond motifs is 8. The Morgan fingerprint density at radius 1 is 0.425 bits per heavy atom. The van der Waals surface area contributed by atoms with E-state index >= 15 is 0 Å². The van der Waals surface area contributed by atoms with Gasteiger partial charge in [-0.05, 0) is 74.8 Å². The minimum Gasteiger partial charge on any atom is -0.135 e. The maximum atomic E-state index is 2.36. The average Bonchev–Trinajstić information content (AvgIpc) is 3.51. The van der Waals surface area contributed by atoms with Crippen LogP contribution in [0.2, 0.25) is 0 Å². The fraction of sp³-hybridized carbons (Fsp3) is 0.158. The fourth-order valence-corrected chi connectivity index (χ4v) is 8.38. The molecule has 0 spiro atoms. The van der Waals surface area contributed by atoms with Gasteiger partial charge in [0.1, 0.15) is 0 Å². The van der Waals surface area contributed by atoms with Crippen molar-refractivity contribution >= 4 is 84.6 Å². The van der Waals surface area contributed by atoms with E-state index < -0.39 is 0 Å². The summed E-state index contributed by atoms with van der Waals surface area (Å²) in [6, 6.07) is 40.2. The molecule has 0 nitrogen and oxygen atoms in total. The van der Waals surface area contributed by atoms with Crippen molar-refractivity contribution in [2.24, 2.45) is 0 Å². The van der Waals surface area contributed by atoms with Gasteiger partial charge in [-0.15, -0.1) is 22.7 Å². The van der Waals surface area contributed by atoms with E-state index in [0.29, 0.717) is 11.8 Å². The van der Waals surface area contributed by atoms with Crippen LogP contribution in [0.4, 0.5) is 0 Å². The van der Waals surface area contributed by atoms with E-state index in [1.54, 1.807) is 0 Å². The second kappa shape index (κ2) is 10.0. The summed E-state index contributed by atoms with van der Waals surface area (Å²) >= 11 is 3.84. The van der Waals surface area contributed by atoms with E-state index in [-0.39, 0.29) is 0 Å². The van der Waals surface area contributed by atoms with E-state index in [0.717, 1.165) is 0 Å². The lowest BCUT2D eigenvalue weighted by atomic mass is 10.00. The van der Waals surface area contributed by atoms with Gasteiger partial charge in [-0.25, -0.2) is 0 Å². The van der Waals surface area contributed by atoms with Crippen LogP contribution >= 0.6 is 22.7 Å². The normalized spacial score (nSPS) is 11.9. The van der Waals surface area contributed by atoms with Gasteiger partial charge in [0, 0.05) is 40.3 Å². The van der Waals surface area contributed by atoms with E-state index in [9.17, 15) is 0 Å². The van der Waals surface area contributed by atoms with Gasteiger partial charge in [-0.3, -0.25) is 0 Å². The molecule has 2 aromatic heterocycles. The molecule has 2 heterocycles. The SMILES string of the molecule is CC(C)c1ccc2c(c1)sc1cc3ccccc3cc12.CC(C)c1cccc2c1sc1cc3ccccc3cc12. The molecule has 0 radical (unpaired) electrons. The molecule has 0 N–H and O–H groups in total. The molecule has 196 valence electrons. The molecule has 0 unspecified atom stereocenters. The minimum atomic E-state index is 0.571. The second-order valence-corrected chi connectivity index (χ2v) is 13.5. The summed E-state index contributed by atoms with van der Waals surface area (Å²) in [5.41, 5.74) is 2.89. The fourth-order valence-electron chi connectivity index (χ4n) is 5.80. The monoisotopic (exact) mass is 552 g/mol. The molecule has 8 aromatic rings. The summed E-state index contributed by atoms with van der Waals surface area (Å²) in [5, 5.41) is 10.9. The van der Waals surface area contributed by atoms with Crippen molar-refractivity contribution in [1.29, 1.82) is 0 Å². The number of rotatable bonds is 2. The first-order chi connectivity index (χ1) is 19.5. The largest absolute Gasteiger partial charge is 0.135 e. The van der Waals surface area contributed by atoms with E-state index in [4.69, 9.17) is 0 Å². The van der Waals surface area contributed by atoms with Gasteiger partial charge in [-0.2, -0.15) is 0 Å². The minimum absolute atomic E-state index is 0.571. The van der Waals surface area contributed by atoms with Crippen molar-refractivity contribution < 1.29 is 0 Å². The van der Waals surface area contributed by atoms with Gasteiger partial charge in [0.05, 0.1) is 0 Å². The van der Waals surface area contributed by atoms with Crippen molar-refractivity contribution in [3.05, 3.63) is 120 Å². The quantitative estimate of drug-likeness (QED) is 0.200. The van der Waals surface area contributed by atoms with Crippen LogP contribution in [-0.4, -0.2) is 0 Å². The highest BCUT2D eigenvalue weighted by Crippen LogP contribution is 2.40. The van der Waals surface area contributed by atoms with Crippen LogP contribution in [0.5, 0.6) is 0 Å². The smallest absolute Gasteiger partial charge is 0.0390 e. The first-order valence-electron chi connectivity index (χ1n) is 14.1. The number of hydrogen-bond acceptors (Lipinski definition) is 2. The van der Waals surface area contributed by atoms with Crippen LogP contribution in [-0.2, 0) is 0 Å². The van der Waals surface area contributed by atoms with E-state index in [2.05, 4.69) is 137 Å². The summed E-state index contributed by atoms with van der Waals surface area (Å²) in [6.07, 6.45) is 0. The number of thiophene rings is 2. The van der Waals surface area contributed by atoms with Gasteiger partial charge in [0.15, 0.2) is 0 Å². The van der Waals surface area contributed by atoms with Crippen molar-refractivity contribution in [3.8, 4) is 0 Å². The second-order valence-electron chi connectivity index (χ2n) is 11.4. The Kier molecular flexibility index (Phi) is 6.34. The lowest BCUT2D eigenvalue weighted by molar-refractivity contribution is 0.869. The Labute approximate surface area is 243 Å². The van der Waals surface area contributed by atoms with Crippen LogP contribution in [0.25, 0.3) is 61.9 Å². The third kappa shape index (κ3) is 4.36. The molecule has 0 aliphatic carbocycles. The van der Waals surface area contributed by atoms with Crippen molar-refractivity contribution in [2.75, 3.05) is 0 Å². The first-order valence-corrected chi connectivity index (χ1v) is 15.8. The zero-order chi connectivity index (χ0) is 27.4. The molecule has 2 heteroatoms. The molecule has 0 aliphatic heterocycles. The molecule has 0 fully saturated rings. The van der Waals surface area contributed by atoms with Gasteiger partial charge in [-0.1, -0.05) is 107 Å². The molecule has 6 aromatic carbocycles. The lowest BCUT2D eigenvalue weighted by Crippen LogP contribution is -1.85. The van der Waals surface area contributed by atoms with E-state index in [1.165, 1.54) is 73.0 Å². The number of benzene rings is 6. The van der Waals surface area contributed by atoms with Crippen LogP contribution in [0.15, 0.2) is 109 Å². The Morgan fingerprint density at radius 3 is 1.57 bits per heavy atom. The van der Waals surface area contributed by atoms with Crippen molar-refractivity contribution in [2.45, 2.75) is 39.5 Å². The Hall–Kier alpha value is -3.72. The van der Waals surface area contributed by atoms with Gasteiger partial charge in [0.25, 0.3) is 0 Å². The molecular formula is C38H32S2. The molecule has 40 heavy (non-hydrogen) atoms. The molecule has 0 bridgehead atoms.